The number of ether oxygens (including phenoxy) is 1. The molecule has 0 aliphatic heterocycles. The molecule has 3 aromatic rings. The first kappa shape index (κ1) is 18.4. The summed E-state index contributed by atoms with van der Waals surface area (Å²) in [6, 6.07) is 14.3. The number of rotatable bonds is 8. The lowest BCUT2D eigenvalue weighted by Crippen LogP contribution is -2.30. The minimum atomic E-state index is -3.62. The van der Waals surface area contributed by atoms with Crippen molar-refractivity contribution in [3.8, 4) is 5.75 Å². The molecule has 0 bridgehead atoms. The molecular formula is C19H22N2O4S. The molecule has 1 heterocycles. The molecule has 2 aromatic carbocycles. The van der Waals surface area contributed by atoms with Crippen LogP contribution in [0.15, 0.2) is 53.1 Å². The predicted octanol–water partition coefficient (Wildman–Crippen LogP) is 3.80. The maximum Gasteiger partial charge on any atom is 0.218 e. The van der Waals surface area contributed by atoms with Crippen LogP contribution in [0.5, 0.6) is 5.75 Å². The lowest BCUT2D eigenvalue weighted by Gasteiger charge is -2.20. The van der Waals surface area contributed by atoms with Crippen molar-refractivity contribution in [1.82, 2.24) is 9.88 Å². The second-order valence-corrected chi connectivity index (χ2v) is 7.69. The molecule has 1 atom stereocenters. The van der Waals surface area contributed by atoms with Crippen LogP contribution in [0.2, 0.25) is 0 Å². The largest absolute Gasteiger partial charge is 0.494 e. The van der Waals surface area contributed by atoms with E-state index in [9.17, 15) is 8.42 Å². The molecule has 0 saturated heterocycles. The first-order valence-electron chi connectivity index (χ1n) is 8.59. The van der Waals surface area contributed by atoms with Crippen LogP contribution in [0.3, 0.4) is 0 Å². The van der Waals surface area contributed by atoms with E-state index in [1.54, 1.807) is 12.1 Å². The fourth-order valence-corrected chi connectivity index (χ4v) is 4.28. The predicted molar refractivity (Wildman–Crippen MR) is 100 cm³/mol. The summed E-state index contributed by atoms with van der Waals surface area (Å²) >= 11 is 0. The minimum absolute atomic E-state index is 0.239. The summed E-state index contributed by atoms with van der Waals surface area (Å²) in [5.41, 5.74) is 1.80. The molecule has 7 heteroatoms. The summed E-state index contributed by atoms with van der Waals surface area (Å²) in [5.74, 6) is 0.452. The molecule has 6 nitrogen and oxygen atoms in total. The summed E-state index contributed by atoms with van der Waals surface area (Å²) in [5, 5.41) is 4.62. The summed E-state index contributed by atoms with van der Waals surface area (Å²) in [7, 11) is -3.62. The Morgan fingerprint density at radius 2 is 1.85 bits per heavy atom. The Morgan fingerprint density at radius 3 is 2.62 bits per heavy atom. The van der Waals surface area contributed by atoms with Crippen LogP contribution in [-0.2, 0) is 15.8 Å². The number of benzene rings is 2. The van der Waals surface area contributed by atoms with Gasteiger partial charge in [-0.15, -0.1) is 0 Å². The van der Waals surface area contributed by atoms with Crippen LogP contribution in [0, 0.1) is 0 Å². The average Bonchev–Trinajstić information content (AvgIpc) is 3.03. The fraction of sp³-hybridized carbons (Fsp3) is 0.316. The molecule has 0 saturated carbocycles. The van der Waals surface area contributed by atoms with E-state index in [2.05, 4.69) is 9.88 Å². The van der Waals surface area contributed by atoms with Gasteiger partial charge in [-0.3, -0.25) is 0 Å². The van der Waals surface area contributed by atoms with Gasteiger partial charge in [0.15, 0.2) is 5.58 Å². The second-order valence-electron chi connectivity index (χ2n) is 5.93. The van der Waals surface area contributed by atoms with E-state index in [4.69, 9.17) is 9.26 Å². The topological polar surface area (TPSA) is 81.4 Å². The standard InChI is InChI=1S/C19H22N2O4S/c1-3-16(14-9-5-7-11-18(14)24-4-2)21-26(22,23)13-17-15-10-6-8-12-19(15)25-20-17/h5-12,16,21H,3-4,13H2,1-2H3. The van der Waals surface area contributed by atoms with Gasteiger partial charge < -0.3 is 9.26 Å². The third-order valence-electron chi connectivity index (χ3n) is 4.10. The van der Waals surface area contributed by atoms with Gasteiger partial charge in [-0.25, -0.2) is 13.1 Å². The SMILES string of the molecule is CCOc1ccccc1C(CC)NS(=O)(=O)Cc1noc2ccccc12. The number of nitrogens with zero attached hydrogens (tertiary/aromatic N) is 1. The number of aromatic nitrogens is 1. The van der Waals surface area contributed by atoms with Gasteiger partial charge in [0.05, 0.1) is 12.6 Å². The number of hydrogen-bond acceptors (Lipinski definition) is 5. The molecule has 1 unspecified atom stereocenters. The molecule has 0 aliphatic carbocycles. The van der Waals surface area contributed by atoms with E-state index in [-0.39, 0.29) is 11.8 Å². The van der Waals surface area contributed by atoms with Crippen molar-refractivity contribution in [3.63, 3.8) is 0 Å². The molecule has 1 aromatic heterocycles. The van der Waals surface area contributed by atoms with Gasteiger partial charge in [-0.2, -0.15) is 0 Å². The number of fused-ring (bicyclic) bond motifs is 1. The van der Waals surface area contributed by atoms with Gasteiger partial charge in [0, 0.05) is 10.9 Å². The molecule has 0 amide bonds. The van der Waals surface area contributed by atoms with E-state index < -0.39 is 10.0 Å². The smallest absolute Gasteiger partial charge is 0.218 e. The van der Waals surface area contributed by atoms with Crippen LogP contribution in [0.4, 0.5) is 0 Å². The van der Waals surface area contributed by atoms with Crippen LogP contribution < -0.4 is 9.46 Å². The molecule has 3 rings (SSSR count). The Morgan fingerprint density at radius 1 is 1.12 bits per heavy atom. The van der Waals surface area contributed by atoms with Crippen molar-refractivity contribution < 1.29 is 17.7 Å². The van der Waals surface area contributed by atoms with Crippen LogP contribution in [0.25, 0.3) is 11.0 Å². The van der Waals surface area contributed by atoms with Crippen molar-refractivity contribution in [2.45, 2.75) is 32.1 Å². The van der Waals surface area contributed by atoms with E-state index >= 15 is 0 Å². The molecule has 0 spiro atoms. The van der Waals surface area contributed by atoms with E-state index in [1.807, 2.05) is 50.2 Å². The number of para-hydroxylation sites is 2. The zero-order chi connectivity index (χ0) is 18.6. The summed E-state index contributed by atoms with van der Waals surface area (Å²) in [6.07, 6.45) is 0.600. The Hall–Kier alpha value is -2.38. The maximum atomic E-state index is 12.7. The second kappa shape index (κ2) is 7.88. The number of sulfonamides is 1. The van der Waals surface area contributed by atoms with Gasteiger partial charge in [0.1, 0.15) is 17.2 Å². The molecule has 1 N–H and O–H groups in total. The van der Waals surface area contributed by atoms with Gasteiger partial charge >= 0.3 is 0 Å². The number of nitrogens with one attached hydrogen (secondary N) is 1. The third-order valence-corrected chi connectivity index (χ3v) is 5.40. The maximum absolute atomic E-state index is 12.7. The fourth-order valence-electron chi connectivity index (χ4n) is 2.90. The zero-order valence-corrected chi connectivity index (χ0v) is 15.6. The van der Waals surface area contributed by atoms with E-state index in [1.165, 1.54) is 0 Å². The third kappa shape index (κ3) is 4.05. The summed E-state index contributed by atoms with van der Waals surface area (Å²) < 4.78 is 39.0. The number of hydrogen-bond donors (Lipinski definition) is 1. The van der Waals surface area contributed by atoms with Crippen LogP contribution in [0.1, 0.15) is 37.6 Å². The van der Waals surface area contributed by atoms with Gasteiger partial charge in [-0.05, 0) is 31.5 Å². The highest BCUT2D eigenvalue weighted by Crippen LogP contribution is 2.28. The molecule has 0 aliphatic rings. The van der Waals surface area contributed by atoms with E-state index in [0.29, 0.717) is 35.4 Å². The molecule has 0 fully saturated rings. The summed E-state index contributed by atoms with van der Waals surface area (Å²) in [6.45, 7) is 4.35. The van der Waals surface area contributed by atoms with Crippen LogP contribution >= 0.6 is 0 Å². The zero-order valence-electron chi connectivity index (χ0n) is 14.8. The van der Waals surface area contributed by atoms with Crippen LogP contribution in [-0.4, -0.2) is 20.2 Å². The molecule has 26 heavy (non-hydrogen) atoms. The van der Waals surface area contributed by atoms with Gasteiger partial charge in [0.2, 0.25) is 10.0 Å². The molecular weight excluding hydrogens is 352 g/mol. The van der Waals surface area contributed by atoms with Gasteiger partial charge in [0.25, 0.3) is 0 Å². The molecule has 0 radical (unpaired) electrons. The minimum Gasteiger partial charge on any atom is -0.494 e. The highest BCUT2D eigenvalue weighted by atomic mass is 32.2. The highest BCUT2D eigenvalue weighted by molar-refractivity contribution is 7.88. The average molecular weight is 374 g/mol. The monoisotopic (exact) mass is 374 g/mol. The van der Waals surface area contributed by atoms with Crippen molar-refractivity contribution in [2.24, 2.45) is 0 Å². The first-order valence-corrected chi connectivity index (χ1v) is 10.2. The Labute approximate surface area is 153 Å². The first-order chi connectivity index (χ1) is 12.5. The summed E-state index contributed by atoms with van der Waals surface area (Å²) in [4.78, 5) is 0. The lowest BCUT2D eigenvalue weighted by atomic mass is 10.0. The highest BCUT2D eigenvalue weighted by Gasteiger charge is 2.23. The lowest BCUT2D eigenvalue weighted by molar-refractivity contribution is 0.333. The Balaban J connectivity index is 1.83. The Kier molecular flexibility index (Phi) is 5.58. The van der Waals surface area contributed by atoms with Crippen molar-refractivity contribution in [2.75, 3.05) is 6.61 Å². The van der Waals surface area contributed by atoms with Crippen molar-refractivity contribution in [3.05, 3.63) is 59.8 Å². The van der Waals surface area contributed by atoms with E-state index in [0.717, 1.165) is 5.56 Å². The Bertz CT molecular complexity index is 982. The van der Waals surface area contributed by atoms with Gasteiger partial charge in [-0.1, -0.05) is 42.4 Å². The normalized spacial score (nSPS) is 13.0. The van der Waals surface area contributed by atoms with Crippen molar-refractivity contribution in [1.29, 1.82) is 0 Å². The molecule has 138 valence electrons. The van der Waals surface area contributed by atoms with Crippen molar-refractivity contribution >= 4 is 21.0 Å². The quantitative estimate of drug-likeness (QED) is 0.649.